The summed E-state index contributed by atoms with van der Waals surface area (Å²) in [5.74, 6) is -0.348. The number of carbonyl (C=O) groups excluding carboxylic acids is 1. The first-order chi connectivity index (χ1) is 11.4. The van der Waals surface area contributed by atoms with Crippen LogP contribution >= 0.6 is 0 Å². The average Bonchev–Trinajstić information content (AvgIpc) is 2.82. The smallest absolute Gasteiger partial charge is 0.302 e. The van der Waals surface area contributed by atoms with E-state index in [4.69, 9.17) is 0 Å². The third-order valence-electron chi connectivity index (χ3n) is 4.01. The number of nitrogens with zero attached hydrogens (tertiary/aromatic N) is 1. The zero-order valence-electron chi connectivity index (χ0n) is 13.6. The number of fused-ring (bicyclic) bond motifs is 1. The normalized spacial score (nSPS) is 10.8. The van der Waals surface area contributed by atoms with E-state index in [0.29, 0.717) is 11.3 Å². The Hall–Kier alpha value is -3.15. The molecular formula is C18H17N3O3. The van der Waals surface area contributed by atoms with Crippen LogP contribution in [0.2, 0.25) is 0 Å². The molecule has 0 spiro atoms. The summed E-state index contributed by atoms with van der Waals surface area (Å²) in [5.41, 5.74) is 4.21. The summed E-state index contributed by atoms with van der Waals surface area (Å²) in [5, 5.41) is 15.2. The molecule has 122 valence electrons. The molecule has 3 rings (SSSR count). The van der Waals surface area contributed by atoms with Crippen LogP contribution in [-0.4, -0.2) is 15.8 Å². The van der Waals surface area contributed by atoms with E-state index in [1.54, 1.807) is 12.1 Å². The number of H-pyrrole nitrogens is 1. The molecular weight excluding hydrogens is 306 g/mol. The number of nitrogens with one attached hydrogen (secondary N) is 2. The predicted molar refractivity (Wildman–Crippen MR) is 94.2 cm³/mol. The minimum absolute atomic E-state index is 0.112. The molecule has 6 heteroatoms. The molecule has 1 amide bonds. The molecule has 0 fully saturated rings. The number of aromatic amines is 1. The van der Waals surface area contributed by atoms with Crippen molar-refractivity contribution in [3.8, 4) is 11.3 Å². The van der Waals surface area contributed by atoms with Gasteiger partial charge in [-0.3, -0.25) is 14.9 Å². The second-order valence-electron chi connectivity index (χ2n) is 5.81. The standard InChI is InChI=1S/C18H17N3O3/c1-10-7-8-13-11(2)17(20-16(13)9-10)14-5-4-6-15(19-12(3)22)18(14)21(23)24/h4-9,20H,1-3H3,(H,19,22). The van der Waals surface area contributed by atoms with Crippen molar-refractivity contribution < 1.29 is 9.72 Å². The minimum atomic E-state index is -0.462. The van der Waals surface area contributed by atoms with Gasteiger partial charge in [-0.1, -0.05) is 18.2 Å². The Morgan fingerprint density at radius 1 is 1.21 bits per heavy atom. The monoisotopic (exact) mass is 323 g/mol. The number of nitro groups is 1. The van der Waals surface area contributed by atoms with Crippen molar-refractivity contribution in [2.45, 2.75) is 20.8 Å². The van der Waals surface area contributed by atoms with E-state index in [1.165, 1.54) is 13.0 Å². The van der Waals surface area contributed by atoms with E-state index < -0.39 is 4.92 Å². The number of hydrogen-bond acceptors (Lipinski definition) is 3. The molecule has 0 unspecified atom stereocenters. The summed E-state index contributed by atoms with van der Waals surface area (Å²) in [6.45, 7) is 5.25. The lowest BCUT2D eigenvalue weighted by molar-refractivity contribution is -0.383. The third kappa shape index (κ3) is 2.62. The van der Waals surface area contributed by atoms with E-state index in [2.05, 4.69) is 10.3 Å². The molecule has 0 aliphatic rings. The zero-order valence-corrected chi connectivity index (χ0v) is 13.6. The summed E-state index contributed by atoms with van der Waals surface area (Å²) in [7, 11) is 0. The maximum atomic E-state index is 11.6. The molecule has 2 aromatic carbocycles. The summed E-state index contributed by atoms with van der Waals surface area (Å²) in [6, 6.07) is 10.9. The van der Waals surface area contributed by atoms with Gasteiger partial charge in [-0.15, -0.1) is 0 Å². The topological polar surface area (TPSA) is 88.0 Å². The molecule has 6 nitrogen and oxygen atoms in total. The Balaban J connectivity index is 2.28. The number of carbonyl (C=O) groups is 1. The van der Waals surface area contributed by atoms with E-state index in [-0.39, 0.29) is 17.3 Å². The lowest BCUT2D eigenvalue weighted by atomic mass is 10.0. The fraction of sp³-hybridized carbons (Fsp3) is 0.167. The quantitative estimate of drug-likeness (QED) is 0.556. The fourth-order valence-corrected chi connectivity index (χ4v) is 2.95. The summed E-state index contributed by atoms with van der Waals surface area (Å²) >= 11 is 0. The van der Waals surface area contributed by atoms with Gasteiger partial charge in [0, 0.05) is 17.8 Å². The number of nitro benzene ring substituents is 1. The lowest BCUT2D eigenvalue weighted by Gasteiger charge is -2.08. The second-order valence-corrected chi connectivity index (χ2v) is 5.81. The van der Waals surface area contributed by atoms with Gasteiger partial charge < -0.3 is 10.3 Å². The molecule has 0 bridgehead atoms. The van der Waals surface area contributed by atoms with Gasteiger partial charge in [0.25, 0.3) is 0 Å². The third-order valence-corrected chi connectivity index (χ3v) is 4.01. The number of amides is 1. The number of benzene rings is 2. The molecule has 0 saturated heterocycles. The number of hydrogen-bond donors (Lipinski definition) is 2. The highest BCUT2D eigenvalue weighted by molar-refractivity contribution is 5.97. The maximum Gasteiger partial charge on any atom is 0.302 e. The Labute approximate surface area is 138 Å². The molecule has 0 aliphatic heterocycles. The Morgan fingerprint density at radius 2 is 1.96 bits per heavy atom. The number of para-hydroxylation sites is 1. The van der Waals surface area contributed by atoms with Crippen molar-refractivity contribution in [1.29, 1.82) is 0 Å². The van der Waals surface area contributed by atoms with Gasteiger partial charge in [0.1, 0.15) is 5.69 Å². The van der Waals surface area contributed by atoms with Crippen LogP contribution in [-0.2, 0) is 4.79 Å². The van der Waals surface area contributed by atoms with Crippen molar-refractivity contribution in [3.05, 3.63) is 57.6 Å². The molecule has 0 aliphatic carbocycles. The van der Waals surface area contributed by atoms with Crippen molar-refractivity contribution in [1.82, 2.24) is 4.98 Å². The summed E-state index contributed by atoms with van der Waals surface area (Å²) in [6.07, 6.45) is 0. The number of rotatable bonds is 3. The molecule has 1 aromatic heterocycles. The zero-order chi connectivity index (χ0) is 17.4. The lowest BCUT2D eigenvalue weighted by Crippen LogP contribution is -2.08. The van der Waals surface area contributed by atoms with Crippen LogP contribution in [0, 0.1) is 24.0 Å². The van der Waals surface area contributed by atoms with Crippen LogP contribution in [0.5, 0.6) is 0 Å². The number of aromatic nitrogens is 1. The molecule has 24 heavy (non-hydrogen) atoms. The van der Waals surface area contributed by atoms with Gasteiger partial charge in [0.2, 0.25) is 5.91 Å². The maximum absolute atomic E-state index is 11.6. The Kier molecular flexibility index (Phi) is 3.81. The van der Waals surface area contributed by atoms with Crippen LogP contribution in [0.4, 0.5) is 11.4 Å². The highest BCUT2D eigenvalue weighted by Crippen LogP contribution is 2.39. The molecule has 0 atom stereocenters. The second kappa shape index (κ2) is 5.81. The van der Waals surface area contributed by atoms with Crippen molar-refractivity contribution in [3.63, 3.8) is 0 Å². The van der Waals surface area contributed by atoms with Crippen LogP contribution < -0.4 is 5.32 Å². The van der Waals surface area contributed by atoms with Crippen molar-refractivity contribution >= 4 is 28.2 Å². The number of aryl methyl sites for hydroxylation is 2. The van der Waals surface area contributed by atoms with Crippen LogP contribution in [0.25, 0.3) is 22.2 Å². The predicted octanol–water partition coefficient (Wildman–Crippen LogP) is 4.32. The highest BCUT2D eigenvalue weighted by Gasteiger charge is 2.24. The van der Waals surface area contributed by atoms with Gasteiger partial charge in [-0.25, -0.2) is 0 Å². The van der Waals surface area contributed by atoms with Crippen molar-refractivity contribution in [2.75, 3.05) is 5.32 Å². The van der Waals surface area contributed by atoms with E-state index >= 15 is 0 Å². The van der Waals surface area contributed by atoms with Gasteiger partial charge in [-0.2, -0.15) is 0 Å². The van der Waals surface area contributed by atoms with Gasteiger partial charge >= 0.3 is 5.69 Å². The SMILES string of the molecule is CC(=O)Nc1cccc(-c2[nH]c3cc(C)ccc3c2C)c1[N+](=O)[O-]. The van der Waals surface area contributed by atoms with Crippen molar-refractivity contribution in [2.24, 2.45) is 0 Å². The average molecular weight is 323 g/mol. The Bertz CT molecular complexity index is 973. The highest BCUT2D eigenvalue weighted by atomic mass is 16.6. The van der Waals surface area contributed by atoms with Gasteiger partial charge in [0.15, 0.2) is 0 Å². The van der Waals surface area contributed by atoms with Crippen LogP contribution in [0.15, 0.2) is 36.4 Å². The summed E-state index contributed by atoms with van der Waals surface area (Å²) < 4.78 is 0. The molecule has 0 saturated carbocycles. The van der Waals surface area contributed by atoms with E-state index in [1.807, 2.05) is 32.0 Å². The van der Waals surface area contributed by atoms with E-state index in [0.717, 1.165) is 22.0 Å². The van der Waals surface area contributed by atoms with Gasteiger partial charge in [0.05, 0.1) is 16.2 Å². The first kappa shape index (κ1) is 15.7. The molecule has 1 heterocycles. The van der Waals surface area contributed by atoms with Crippen LogP contribution in [0.1, 0.15) is 18.1 Å². The fourth-order valence-electron chi connectivity index (χ4n) is 2.95. The molecule has 2 N–H and O–H groups in total. The summed E-state index contributed by atoms with van der Waals surface area (Å²) in [4.78, 5) is 25.8. The molecule has 3 aromatic rings. The Morgan fingerprint density at radius 3 is 2.62 bits per heavy atom. The number of anilines is 1. The van der Waals surface area contributed by atoms with Gasteiger partial charge in [-0.05, 0) is 43.2 Å². The first-order valence-electron chi connectivity index (χ1n) is 7.52. The first-order valence-corrected chi connectivity index (χ1v) is 7.52. The minimum Gasteiger partial charge on any atom is -0.354 e. The van der Waals surface area contributed by atoms with E-state index in [9.17, 15) is 14.9 Å². The largest absolute Gasteiger partial charge is 0.354 e. The molecule has 0 radical (unpaired) electrons. The van der Waals surface area contributed by atoms with Crippen LogP contribution in [0.3, 0.4) is 0 Å².